The number of carbonyl (C=O) groups excluding carboxylic acids is 1. The van der Waals surface area contributed by atoms with Crippen LogP contribution in [0.3, 0.4) is 0 Å². The van der Waals surface area contributed by atoms with Crippen LogP contribution in [0.25, 0.3) is 0 Å². The highest BCUT2D eigenvalue weighted by molar-refractivity contribution is 5.90. The Morgan fingerprint density at radius 3 is 2.90 bits per heavy atom. The number of nitrogens with one attached hydrogen (secondary N) is 1. The largest absolute Gasteiger partial charge is 0.481 e. The van der Waals surface area contributed by atoms with Crippen molar-refractivity contribution >= 4 is 17.7 Å². The van der Waals surface area contributed by atoms with Crippen molar-refractivity contribution in [2.75, 3.05) is 25.0 Å². The summed E-state index contributed by atoms with van der Waals surface area (Å²) in [5, 5.41) is 11.7. The van der Waals surface area contributed by atoms with Crippen LogP contribution in [0.2, 0.25) is 0 Å². The second-order valence-electron chi connectivity index (χ2n) is 5.21. The van der Waals surface area contributed by atoms with Gasteiger partial charge in [-0.2, -0.15) is 0 Å². The number of urea groups is 1. The summed E-state index contributed by atoms with van der Waals surface area (Å²) >= 11 is 0. The van der Waals surface area contributed by atoms with E-state index >= 15 is 0 Å². The van der Waals surface area contributed by atoms with E-state index in [0.717, 1.165) is 16.8 Å². The van der Waals surface area contributed by atoms with Crippen molar-refractivity contribution in [1.82, 2.24) is 4.90 Å². The molecule has 1 heterocycles. The summed E-state index contributed by atoms with van der Waals surface area (Å²) < 4.78 is 5.36. The smallest absolute Gasteiger partial charge is 0.322 e. The SMILES string of the molecule is Cc1cccc(NC(=O)N2CCOC(CC(=O)O)C2)c1C. The summed E-state index contributed by atoms with van der Waals surface area (Å²) in [5.41, 5.74) is 2.92. The average molecular weight is 292 g/mol. The third kappa shape index (κ3) is 3.95. The molecular weight excluding hydrogens is 272 g/mol. The van der Waals surface area contributed by atoms with Crippen molar-refractivity contribution in [3.8, 4) is 0 Å². The third-order valence-corrected chi connectivity index (χ3v) is 3.67. The maximum Gasteiger partial charge on any atom is 0.322 e. The fourth-order valence-electron chi connectivity index (χ4n) is 2.30. The Hall–Kier alpha value is -2.08. The molecule has 1 aliphatic rings. The molecule has 21 heavy (non-hydrogen) atoms. The Labute approximate surface area is 123 Å². The molecule has 2 rings (SSSR count). The van der Waals surface area contributed by atoms with E-state index in [1.165, 1.54) is 0 Å². The summed E-state index contributed by atoms with van der Waals surface area (Å²) in [6, 6.07) is 5.52. The van der Waals surface area contributed by atoms with Crippen LogP contribution in [0.5, 0.6) is 0 Å². The predicted octanol–water partition coefficient (Wildman–Crippen LogP) is 2.01. The zero-order valence-electron chi connectivity index (χ0n) is 12.3. The molecule has 114 valence electrons. The lowest BCUT2D eigenvalue weighted by Crippen LogP contribution is -2.48. The van der Waals surface area contributed by atoms with Crippen molar-refractivity contribution in [2.45, 2.75) is 26.4 Å². The minimum Gasteiger partial charge on any atom is -0.481 e. The van der Waals surface area contributed by atoms with Crippen LogP contribution in [-0.4, -0.2) is 47.8 Å². The van der Waals surface area contributed by atoms with Gasteiger partial charge in [-0.25, -0.2) is 4.79 Å². The molecule has 2 amide bonds. The number of morpholine rings is 1. The Balaban J connectivity index is 1.99. The van der Waals surface area contributed by atoms with Crippen molar-refractivity contribution in [1.29, 1.82) is 0 Å². The van der Waals surface area contributed by atoms with Gasteiger partial charge in [0.2, 0.25) is 0 Å². The first-order chi connectivity index (χ1) is 9.97. The van der Waals surface area contributed by atoms with Gasteiger partial charge >= 0.3 is 12.0 Å². The van der Waals surface area contributed by atoms with E-state index in [2.05, 4.69) is 5.32 Å². The van der Waals surface area contributed by atoms with Gasteiger partial charge in [-0.3, -0.25) is 4.79 Å². The third-order valence-electron chi connectivity index (χ3n) is 3.67. The summed E-state index contributed by atoms with van der Waals surface area (Å²) in [5.74, 6) is -0.920. The highest BCUT2D eigenvalue weighted by Gasteiger charge is 2.26. The molecule has 0 bridgehead atoms. The fourth-order valence-corrected chi connectivity index (χ4v) is 2.30. The van der Waals surface area contributed by atoms with Crippen LogP contribution in [0, 0.1) is 13.8 Å². The standard InChI is InChI=1S/C15H20N2O4/c1-10-4-3-5-13(11(10)2)16-15(20)17-6-7-21-12(9-17)8-14(18)19/h3-5,12H,6-9H2,1-2H3,(H,16,20)(H,18,19). The molecule has 2 N–H and O–H groups in total. The van der Waals surface area contributed by atoms with Gasteiger partial charge in [0.05, 0.1) is 19.1 Å². The zero-order chi connectivity index (χ0) is 15.4. The van der Waals surface area contributed by atoms with E-state index in [4.69, 9.17) is 9.84 Å². The maximum atomic E-state index is 12.3. The van der Waals surface area contributed by atoms with E-state index < -0.39 is 12.1 Å². The molecule has 1 atom stereocenters. The number of rotatable bonds is 3. The highest BCUT2D eigenvalue weighted by Crippen LogP contribution is 2.19. The molecule has 6 heteroatoms. The monoisotopic (exact) mass is 292 g/mol. The molecule has 1 aliphatic heterocycles. The molecular formula is C15H20N2O4. The van der Waals surface area contributed by atoms with E-state index in [-0.39, 0.29) is 12.5 Å². The van der Waals surface area contributed by atoms with Gasteiger partial charge in [0, 0.05) is 18.8 Å². The molecule has 1 aromatic rings. The Kier molecular flexibility index (Phi) is 4.80. The van der Waals surface area contributed by atoms with E-state index in [1.54, 1.807) is 4.90 Å². The number of ether oxygens (including phenoxy) is 1. The van der Waals surface area contributed by atoms with Crippen molar-refractivity contribution < 1.29 is 19.4 Å². The van der Waals surface area contributed by atoms with Crippen molar-refractivity contribution in [3.63, 3.8) is 0 Å². The maximum absolute atomic E-state index is 12.3. The number of carbonyl (C=O) groups is 2. The summed E-state index contributed by atoms with van der Waals surface area (Å²) in [6.45, 7) is 5.06. The normalized spacial score (nSPS) is 18.4. The van der Waals surface area contributed by atoms with Crippen LogP contribution in [0.4, 0.5) is 10.5 Å². The summed E-state index contributed by atoms with van der Waals surface area (Å²) in [7, 11) is 0. The number of nitrogens with zero attached hydrogens (tertiary/aromatic N) is 1. The second-order valence-corrected chi connectivity index (χ2v) is 5.21. The molecule has 1 unspecified atom stereocenters. The Morgan fingerprint density at radius 2 is 2.19 bits per heavy atom. The lowest BCUT2D eigenvalue weighted by atomic mass is 10.1. The Bertz CT molecular complexity index is 544. The molecule has 1 fully saturated rings. The van der Waals surface area contributed by atoms with Crippen LogP contribution in [0.15, 0.2) is 18.2 Å². The molecule has 1 saturated heterocycles. The van der Waals surface area contributed by atoms with Crippen LogP contribution in [-0.2, 0) is 9.53 Å². The number of aliphatic carboxylic acids is 1. The van der Waals surface area contributed by atoms with Gasteiger partial charge in [0.1, 0.15) is 0 Å². The number of benzene rings is 1. The van der Waals surface area contributed by atoms with Gasteiger partial charge in [0.15, 0.2) is 0 Å². The van der Waals surface area contributed by atoms with Crippen molar-refractivity contribution in [2.24, 2.45) is 0 Å². The number of amides is 2. The fraction of sp³-hybridized carbons (Fsp3) is 0.467. The average Bonchev–Trinajstić information content (AvgIpc) is 2.43. The Morgan fingerprint density at radius 1 is 1.43 bits per heavy atom. The molecule has 0 spiro atoms. The minimum absolute atomic E-state index is 0.0900. The number of hydrogen-bond acceptors (Lipinski definition) is 3. The van der Waals surface area contributed by atoms with Crippen molar-refractivity contribution in [3.05, 3.63) is 29.3 Å². The lowest BCUT2D eigenvalue weighted by molar-refractivity contribution is -0.141. The topological polar surface area (TPSA) is 78.9 Å². The zero-order valence-corrected chi connectivity index (χ0v) is 12.3. The summed E-state index contributed by atoms with van der Waals surface area (Å²) in [6.07, 6.45) is -0.534. The number of carboxylic acids is 1. The van der Waals surface area contributed by atoms with Gasteiger partial charge in [0.25, 0.3) is 0 Å². The van der Waals surface area contributed by atoms with Crippen LogP contribution >= 0.6 is 0 Å². The molecule has 0 aromatic heterocycles. The van der Waals surface area contributed by atoms with Crippen LogP contribution < -0.4 is 5.32 Å². The number of aryl methyl sites for hydroxylation is 1. The highest BCUT2D eigenvalue weighted by atomic mass is 16.5. The molecule has 0 saturated carbocycles. The molecule has 6 nitrogen and oxygen atoms in total. The van der Waals surface area contributed by atoms with Gasteiger partial charge in [-0.05, 0) is 31.0 Å². The first kappa shape index (κ1) is 15.3. The van der Waals surface area contributed by atoms with E-state index in [0.29, 0.717) is 19.7 Å². The van der Waals surface area contributed by atoms with Crippen LogP contribution in [0.1, 0.15) is 17.5 Å². The van der Waals surface area contributed by atoms with Gasteiger partial charge in [-0.15, -0.1) is 0 Å². The molecule has 0 radical (unpaired) electrons. The van der Waals surface area contributed by atoms with Gasteiger partial charge < -0.3 is 20.1 Å². The van der Waals surface area contributed by atoms with Gasteiger partial charge in [-0.1, -0.05) is 12.1 Å². The first-order valence-electron chi connectivity index (χ1n) is 6.93. The predicted molar refractivity (Wildman–Crippen MR) is 78.5 cm³/mol. The van der Waals surface area contributed by atoms with E-state index in [1.807, 2.05) is 32.0 Å². The van der Waals surface area contributed by atoms with E-state index in [9.17, 15) is 9.59 Å². The lowest BCUT2D eigenvalue weighted by Gasteiger charge is -2.32. The summed E-state index contributed by atoms with van der Waals surface area (Å²) in [4.78, 5) is 24.6. The second kappa shape index (κ2) is 6.58. The first-order valence-corrected chi connectivity index (χ1v) is 6.93. The quantitative estimate of drug-likeness (QED) is 0.893. The number of carboxylic acid groups (broad SMARTS) is 1. The number of hydrogen-bond donors (Lipinski definition) is 2. The molecule has 0 aliphatic carbocycles. The number of anilines is 1. The molecule has 1 aromatic carbocycles. The minimum atomic E-state index is -0.920.